The fraction of sp³-hybridized carbons (Fsp3) is 1.00. The second-order valence-corrected chi connectivity index (χ2v) is 6.19. The van der Waals surface area contributed by atoms with Gasteiger partial charge >= 0.3 is 0 Å². The molecule has 0 bridgehead atoms. The second-order valence-electron chi connectivity index (χ2n) is 6.19. The van der Waals surface area contributed by atoms with E-state index in [1.807, 2.05) is 0 Å². The van der Waals surface area contributed by atoms with Gasteiger partial charge in [-0.1, -0.05) is 27.7 Å². The zero-order valence-electron chi connectivity index (χ0n) is 10.9. The van der Waals surface area contributed by atoms with Crippen LogP contribution in [0.3, 0.4) is 0 Å². The molecule has 1 fully saturated rings. The van der Waals surface area contributed by atoms with Crippen LogP contribution in [-0.4, -0.2) is 31.1 Å². The van der Waals surface area contributed by atoms with Crippen molar-refractivity contribution in [3.63, 3.8) is 0 Å². The van der Waals surface area contributed by atoms with Crippen LogP contribution >= 0.6 is 0 Å². The van der Waals surface area contributed by atoms with Crippen molar-refractivity contribution >= 4 is 0 Å². The predicted octanol–water partition coefficient (Wildman–Crippen LogP) is 2.34. The first kappa shape index (κ1) is 13.0. The molecule has 0 atom stereocenters. The molecule has 0 saturated heterocycles. The van der Waals surface area contributed by atoms with Gasteiger partial charge in [-0.2, -0.15) is 0 Å². The topological polar surface area (TPSA) is 29.3 Å². The minimum atomic E-state index is 0.490. The Bertz CT molecular complexity index is 173. The van der Waals surface area contributed by atoms with Crippen molar-refractivity contribution in [3.05, 3.63) is 0 Å². The molecule has 0 aromatic carbocycles. The largest absolute Gasteiger partial charge is 0.330 e. The quantitative estimate of drug-likeness (QED) is 0.702. The molecule has 0 aliphatic heterocycles. The standard InChI is InChI=1S/C13H28N2/c1-11(2)7-15(8-12(3)4)10-13(9-14)5-6-13/h11-12H,5-10,14H2,1-4H3. The van der Waals surface area contributed by atoms with Gasteiger partial charge in [0.1, 0.15) is 0 Å². The molecule has 15 heavy (non-hydrogen) atoms. The normalized spacial score (nSPS) is 19.2. The van der Waals surface area contributed by atoms with Crippen molar-refractivity contribution in [1.29, 1.82) is 0 Å². The zero-order valence-corrected chi connectivity index (χ0v) is 10.9. The monoisotopic (exact) mass is 212 g/mol. The van der Waals surface area contributed by atoms with E-state index in [1.54, 1.807) is 0 Å². The lowest BCUT2D eigenvalue weighted by Crippen LogP contribution is -2.38. The van der Waals surface area contributed by atoms with Crippen molar-refractivity contribution in [2.75, 3.05) is 26.2 Å². The van der Waals surface area contributed by atoms with Crippen LogP contribution in [0, 0.1) is 17.3 Å². The van der Waals surface area contributed by atoms with E-state index in [4.69, 9.17) is 5.73 Å². The van der Waals surface area contributed by atoms with Crippen LogP contribution in [-0.2, 0) is 0 Å². The molecule has 2 N–H and O–H groups in total. The Morgan fingerprint density at radius 1 is 1.07 bits per heavy atom. The maximum Gasteiger partial charge on any atom is 0.00503 e. The Balaban J connectivity index is 2.41. The zero-order chi connectivity index (χ0) is 11.5. The Morgan fingerprint density at radius 2 is 1.53 bits per heavy atom. The van der Waals surface area contributed by atoms with E-state index >= 15 is 0 Å². The van der Waals surface area contributed by atoms with Crippen molar-refractivity contribution in [3.8, 4) is 0 Å². The molecule has 0 spiro atoms. The molecule has 0 aromatic heterocycles. The van der Waals surface area contributed by atoms with Gasteiger partial charge in [-0.15, -0.1) is 0 Å². The molecule has 0 amide bonds. The number of hydrogen-bond acceptors (Lipinski definition) is 2. The van der Waals surface area contributed by atoms with E-state index in [0.717, 1.165) is 18.4 Å². The van der Waals surface area contributed by atoms with Gasteiger partial charge in [-0.25, -0.2) is 0 Å². The minimum Gasteiger partial charge on any atom is -0.330 e. The van der Waals surface area contributed by atoms with E-state index in [9.17, 15) is 0 Å². The minimum absolute atomic E-state index is 0.490. The predicted molar refractivity (Wildman–Crippen MR) is 66.8 cm³/mol. The van der Waals surface area contributed by atoms with E-state index in [0.29, 0.717) is 5.41 Å². The first-order valence-corrected chi connectivity index (χ1v) is 6.40. The number of nitrogens with zero attached hydrogens (tertiary/aromatic N) is 1. The Morgan fingerprint density at radius 3 is 1.80 bits per heavy atom. The van der Waals surface area contributed by atoms with E-state index in [-0.39, 0.29) is 0 Å². The van der Waals surface area contributed by atoms with Crippen LogP contribution in [0.5, 0.6) is 0 Å². The van der Waals surface area contributed by atoms with Crippen LogP contribution in [0.15, 0.2) is 0 Å². The highest BCUT2D eigenvalue weighted by Gasteiger charge is 2.42. The van der Waals surface area contributed by atoms with Gasteiger partial charge in [-0.05, 0) is 36.6 Å². The van der Waals surface area contributed by atoms with Gasteiger partial charge in [-0.3, -0.25) is 0 Å². The summed E-state index contributed by atoms with van der Waals surface area (Å²) < 4.78 is 0. The maximum atomic E-state index is 5.85. The molecule has 2 nitrogen and oxygen atoms in total. The highest BCUT2D eigenvalue weighted by atomic mass is 15.1. The van der Waals surface area contributed by atoms with E-state index in [1.165, 1.54) is 32.5 Å². The fourth-order valence-corrected chi connectivity index (χ4v) is 2.31. The number of nitrogens with two attached hydrogens (primary N) is 1. The molecule has 1 aliphatic carbocycles. The summed E-state index contributed by atoms with van der Waals surface area (Å²) in [6.45, 7) is 13.7. The SMILES string of the molecule is CC(C)CN(CC(C)C)CC1(CN)CC1. The van der Waals surface area contributed by atoms with Gasteiger partial charge in [0, 0.05) is 19.6 Å². The van der Waals surface area contributed by atoms with Crippen LogP contribution in [0.2, 0.25) is 0 Å². The molecular weight excluding hydrogens is 184 g/mol. The molecule has 0 radical (unpaired) electrons. The van der Waals surface area contributed by atoms with Crippen molar-refractivity contribution in [1.82, 2.24) is 4.90 Å². The molecule has 1 rings (SSSR count). The van der Waals surface area contributed by atoms with E-state index < -0.39 is 0 Å². The third-order valence-electron chi connectivity index (χ3n) is 3.20. The molecular formula is C13H28N2. The lowest BCUT2D eigenvalue weighted by Gasteiger charge is -2.29. The van der Waals surface area contributed by atoms with Crippen LogP contribution in [0.25, 0.3) is 0 Å². The maximum absolute atomic E-state index is 5.85. The summed E-state index contributed by atoms with van der Waals surface area (Å²) in [5.74, 6) is 1.52. The first-order valence-electron chi connectivity index (χ1n) is 6.40. The van der Waals surface area contributed by atoms with Crippen LogP contribution in [0.4, 0.5) is 0 Å². The fourth-order valence-electron chi connectivity index (χ4n) is 2.31. The number of rotatable bonds is 7. The van der Waals surface area contributed by atoms with Gasteiger partial charge in [0.2, 0.25) is 0 Å². The van der Waals surface area contributed by atoms with Gasteiger partial charge < -0.3 is 10.6 Å². The van der Waals surface area contributed by atoms with Crippen LogP contribution in [0.1, 0.15) is 40.5 Å². The van der Waals surface area contributed by atoms with Crippen molar-refractivity contribution in [2.45, 2.75) is 40.5 Å². The molecule has 90 valence electrons. The highest BCUT2D eigenvalue weighted by Crippen LogP contribution is 2.45. The average Bonchev–Trinajstić information content (AvgIpc) is 2.82. The van der Waals surface area contributed by atoms with Crippen LogP contribution < -0.4 is 5.73 Å². The molecule has 0 heterocycles. The summed E-state index contributed by atoms with van der Waals surface area (Å²) in [5.41, 5.74) is 6.34. The Hall–Kier alpha value is -0.0800. The van der Waals surface area contributed by atoms with Crippen molar-refractivity contribution < 1.29 is 0 Å². The summed E-state index contributed by atoms with van der Waals surface area (Å²) in [7, 11) is 0. The average molecular weight is 212 g/mol. The summed E-state index contributed by atoms with van der Waals surface area (Å²) in [5, 5.41) is 0. The highest BCUT2D eigenvalue weighted by molar-refractivity contribution is 4.96. The molecule has 1 saturated carbocycles. The lowest BCUT2D eigenvalue weighted by molar-refractivity contribution is 0.181. The Labute approximate surface area is 95.2 Å². The third-order valence-corrected chi connectivity index (χ3v) is 3.20. The first-order chi connectivity index (χ1) is 6.97. The number of hydrogen-bond donors (Lipinski definition) is 1. The molecule has 1 aliphatic rings. The van der Waals surface area contributed by atoms with Gasteiger partial charge in [0.05, 0.1) is 0 Å². The van der Waals surface area contributed by atoms with Crippen molar-refractivity contribution in [2.24, 2.45) is 23.0 Å². The summed E-state index contributed by atoms with van der Waals surface area (Å²) in [6, 6.07) is 0. The van der Waals surface area contributed by atoms with Gasteiger partial charge in [0.15, 0.2) is 0 Å². The third kappa shape index (κ3) is 4.52. The van der Waals surface area contributed by atoms with Gasteiger partial charge in [0.25, 0.3) is 0 Å². The molecule has 0 unspecified atom stereocenters. The summed E-state index contributed by atoms with van der Waals surface area (Å²) in [6.07, 6.45) is 2.69. The summed E-state index contributed by atoms with van der Waals surface area (Å²) in [4.78, 5) is 2.62. The molecule has 2 heteroatoms. The lowest BCUT2D eigenvalue weighted by atomic mass is 10.0. The smallest absolute Gasteiger partial charge is 0.00503 e. The Kier molecular flexibility index (Phi) is 4.60. The molecule has 0 aromatic rings. The van der Waals surface area contributed by atoms with E-state index in [2.05, 4.69) is 32.6 Å². The second kappa shape index (κ2) is 5.31. The summed E-state index contributed by atoms with van der Waals surface area (Å²) >= 11 is 0.